The number of nitrogens with zero attached hydrogens (tertiary/aromatic N) is 2. The van der Waals surface area contributed by atoms with Crippen LogP contribution < -0.4 is 27.4 Å². The van der Waals surface area contributed by atoms with Crippen LogP contribution in [0.4, 0.5) is 4.79 Å². The first-order valence-corrected chi connectivity index (χ1v) is 14.5. The fraction of sp³-hybridized carbons (Fsp3) is 0.419. The fourth-order valence-electron chi connectivity index (χ4n) is 5.76. The Labute approximate surface area is 256 Å². The maximum Gasteiger partial charge on any atom is 0.326 e. The molecule has 3 rings (SSSR count). The van der Waals surface area contributed by atoms with E-state index in [2.05, 4.69) is 20.9 Å². The van der Waals surface area contributed by atoms with Gasteiger partial charge in [-0.1, -0.05) is 80.9 Å². The van der Waals surface area contributed by atoms with Crippen LogP contribution in [-0.4, -0.2) is 82.8 Å². The fourth-order valence-corrected chi connectivity index (χ4v) is 5.76. The van der Waals surface area contributed by atoms with Gasteiger partial charge in [-0.3, -0.25) is 14.6 Å². The van der Waals surface area contributed by atoms with Gasteiger partial charge in [-0.25, -0.2) is 9.59 Å². The molecule has 1 aliphatic rings. The van der Waals surface area contributed by atoms with Crippen LogP contribution in [0.3, 0.4) is 0 Å². The number of carbonyl (C=O) groups is 5. The highest BCUT2D eigenvalue weighted by molar-refractivity contribution is 5.96. The number of aldehydes is 1. The molecule has 0 fully saturated rings. The topological polar surface area (TPSA) is 209 Å². The van der Waals surface area contributed by atoms with E-state index in [0.29, 0.717) is 24.7 Å². The molecule has 44 heavy (non-hydrogen) atoms. The Morgan fingerprint density at radius 3 is 2.18 bits per heavy atom. The molecule has 2 aromatic rings. The molecule has 0 saturated heterocycles. The zero-order chi connectivity index (χ0) is 32.3. The third-order valence-corrected chi connectivity index (χ3v) is 8.04. The molecule has 0 bridgehead atoms. The van der Waals surface area contributed by atoms with E-state index in [1.54, 1.807) is 61.5 Å². The van der Waals surface area contributed by atoms with E-state index < -0.39 is 59.9 Å². The van der Waals surface area contributed by atoms with Gasteiger partial charge in [0.15, 0.2) is 5.96 Å². The van der Waals surface area contributed by atoms with Crippen LogP contribution in [0.1, 0.15) is 37.8 Å². The Bertz CT molecular complexity index is 1340. The molecule has 13 heteroatoms. The van der Waals surface area contributed by atoms with Crippen molar-refractivity contribution >= 4 is 36.1 Å². The molecule has 236 valence electrons. The molecule has 0 saturated carbocycles. The van der Waals surface area contributed by atoms with Crippen molar-refractivity contribution in [2.45, 2.75) is 63.2 Å². The number of rotatable bonds is 15. The zero-order valence-electron chi connectivity index (χ0n) is 24.9. The molecule has 13 nitrogen and oxygen atoms in total. The van der Waals surface area contributed by atoms with Gasteiger partial charge in [0.1, 0.15) is 17.9 Å². The number of primary amides is 1. The number of hydrogen-bond donors (Lipinski definition) is 6. The number of nitrogens with one attached hydrogen (secondary N) is 3. The Kier molecular flexibility index (Phi) is 11.8. The van der Waals surface area contributed by atoms with E-state index >= 15 is 0 Å². The van der Waals surface area contributed by atoms with Crippen molar-refractivity contribution in [3.05, 3.63) is 71.8 Å². The van der Waals surface area contributed by atoms with E-state index in [0.717, 1.165) is 5.56 Å². The Morgan fingerprint density at radius 2 is 1.68 bits per heavy atom. The first-order chi connectivity index (χ1) is 21.0. The number of benzene rings is 2. The summed E-state index contributed by atoms with van der Waals surface area (Å²) in [7, 11) is 0. The summed E-state index contributed by atoms with van der Waals surface area (Å²) in [5.74, 6) is -3.34. The first kappa shape index (κ1) is 33.6. The van der Waals surface area contributed by atoms with Crippen molar-refractivity contribution in [1.82, 2.24) is 20.9 Å². The van der Waals surface area contributed by atoms with Crippen LogP contribution in [0, 0.1) is 5.92 Å². The van der Waals surface area contributed by atoms with E-state index in [1.165, 1.54) is 4.90 Å². The lowest BCUT2D eigenvalue weighted by Crippen LogP contribution is -2.76. The van der Waals surface area contributed by atoms with Gasteiger partial charge in [0.2, 0.25) is 11.8 Å². The van der Waals surface area contributed by atoms with Gasteiger partial charge >= 0.3 is 12.0 Å². The summed E-state index contributed by atoms with van der Waals surface area (Å²) in [5, 5.41) is 17.5. The molecule has 1 aliphatic heterocycles. The number of aliphatic imine (C=N–C) groups is 1. The van der Waals surface area contributed by atoms with E-state index in [9.17, 15) is 29.1 Å². The Balaban J connectivity index is 1.96. The predicted octanol–water partition coefficient (Wildman–Crippen LogP) is 0.567. The minimum Gasteiger partial charge on any atom is -0.480 e. The monoisotopic (exact) mass is 607 g/mol. The lowest BCUT2D eigenvalue weighted by Gasteiger charge is -2.52. The second kappa shape index (κ2) is 15.5. The maximum absolute atomic E-state index is 14.2. The number of amides is 4. The summed E-state index contributed by atoms with van der Waals surface area (Å²) in [6.45, 7) is 3.22. The van der Waals surface area contributed by atoms with Gasteiger partial charge in [-0.15, -0.1) is 0 Å². The highest BCUT2D eigenvalue weighted by Gasteiger charge is 2.56. The molecule has 2 aromatic carbocycles. The molecule has 8 N–H and O–H groups in total. The van der Waals surface area contributed by atoms with Crippen LogP contribution in [0.25, 0.3) is 0 Å². The van der Waals surface area contributed by atoms with Crippen molar-refractivity contribution < 1.29 is 29.1 Å². The lowest BCUT2D eigenvalue weighted by molar-refractivity contribution is -0.157. The largest absolute Gasteiger partial charge is 0.480 e. The van der Waals surface area contributed by atoms with Crippen molar-refractivity contribution in [2.75, 3.05) is 13.1 Å². The second-order valence-corrected chi connectivity index (χ2v) is 10.8. The highest BCUT2D eigenvalue weighted by atomic mass is 16.4. The summed E-state index contributed by atoms with van der Waals surface area (Å²) in [6, 6.07) is 13.6. The summed E-state index contributed by atoms with van der Waals surface area (Å²) in [6.07, 6.45) is 1.38. The highest BCUT2D eigenvalue weighted by Crippen LogP contribution is 2.36. The number of guanidine groups is 1. The summed E-state index contributed by atoms with van der Waals surface area (Å²) in [4.78, 5) is 70.6. The number of nitrogens with two attached hydrogens (primary N) is 2. The molecule has 0 spiro atoms. The number of hydrogen-bond acceptors (Lipinski definition) is 8. The summed E-state index contributed by atoms with van der Waals surface area (Å²) in [5.41, 5.74) is 11.8. The standard InChI is InChI=1S/C31H41N7O6/c1-3-20(2)31(28(32)43,25-14-15-34-29(33)37-25)38(23(19-39)16-21-10-6-4-7-11-21)26(40)18-35-30(44)36-24(27(41)42)17-22-12-8-5-9-13-22/h4-13,19-20,23-25H,3,14-18H2,1-2H3,(H2,32,43)(H,41,42)(H3,33,34,37)(H2,35,36,44). The van der Waals surface area contributed by atoms with Gasteiger partial charge in [-0.2, -0.15) is 0 Å². The van der Waals surface area contributed by atoms with Gasteiger partial charge in [0.25, 0.3) is 0 Å². The number of carbonyl (C=O) groups excluding carboxylic acids is 4. The van der Waals surface area contributed by atoms with Crippen molar-refractivity contribution in [3.63, 3.8) is 0 Å². The molecule has 5 unspecified atom stereocenters. The molecular formula is C31H41N7O6. The maximum atomic E-state index is 14.2. The van der Waals surface area contributed by atoms with E-state index in [1.807, 2.05) is 13.0 Å². The predicted molar refractivity (Wildman–Crippen MR) is 164 cm³/mol. The van der Waals surface area contributed by atoms with Crippen LogP contribution in [0.15, 0.2) is 65.7 Å². The van der Waals surface area contributed by atoms with Gasteiger partial charge in [0.05, 0.1) is 18.6 Å². The summed E-state index contributed by atoms with van der Waals surface area (Å²) < 4.78 is 0. The number of carboxylic acids is 1. The lowest BCUT2D eigenvalue weighted by atomic mass is 9.72. The molecule has 1 heterocycles. The average molecular weight is 608 g/mol. The normalized spacial score (nSPS) is 17.8. The third kappa shape index (κ3) is 7.91. The summed E-state index contributed by atoms with van der Waals surface area (Å²) >= 11 is 0. The minimum absolute atomic E-state index is 0.0169. The van der Waals surface area contributed by atoms with E-state index in [4.69, 9.17) is 11.5 Å². The van der Waals surface area contributed by atoms with Crippen LogP contribution in [0.2, 0.25) is 0 Å². The quantitative estimate of drug-likeness (QED) is 0.157. The molecule has 4 amide bonds. The van der Waals surface area contributed by atoms with Crippen molar-refractivity contribution in [1.29, 1.82) is 0 Å². The van der Waals surface area contributed by atoms with Crippen molar-refractivity contribution in [2.24, 2.45) is 22.4 Å². The van der Waals surface area contributed by atoms with Crippen molar-refractivity contribution in [3.8, 4) is 0 Å². The van der Waals surface area contributed by atoms with Gasteiger partial charge < -0.3 is 42.2 Å². The SMILES string of the molecule is CCC(C)C(C(N)=O)(C1CCN=C(N)N1)N(C(=O)CNC(=O)NC(Cc1ccccc1)C(=O)O)C(C=O)Cc1ccccc1. The molecule has 0 radical (unpaired) electrons. The van der Waals surface area contributed by atoms with Crippen LogP contribution >= 0.6 is 0 Å². The first-order valence-electron chi connectivity index (χ1n) is 14.5. The zero-order valence-corrected chi connectivity index (χ0v) is 24.9. The molecular weight excluding hydrogens is 566 g/mol. The third-order valence-electron chi connectivity index (χ3n) is 8.04. The van der Waals surface area contributed by atoms with Crippen LogP contribution in [-0.2, 0) is 32.0 Å². The number of carboxylic acid groups (broad SMARTS) is 1. The minimum atomic E-state index is -1.75. The molecule has 0 aromatic heterocycles. The number of urea groups is 1. The number of aliphatic carboxylic acids is 1. The van der Waals surface area contributed by atoms with E-state index in [-0.39, 0.29) is 25.3 Å². The van der Waals surface area contributed by atoms with Gasteiger partial charge in [0, 0.05) is 13.0 Å². The molecule has 5 atom stereocenters. The van der Waals surface area contributed by atoms with Gasteiger partial charge in [-0.05, 0) is 29.9 Å². The Morgan fingerprint density at radius 1 is 1.09 bits per heavy atom. The van der Waals surface area contributed by atoms with Crippen LogP contribution in [0.5, 0.6) is 0 Å². The second-order valence-electron chi connectivity index (χ2n) is 10.8. The smallest absolute Gasteiger partial charge is 0.326 e. The Hall–Kier alpha value is -4.94. The molecule has 0 aliphatic carbocycles. The average Bonchev–Trinajstić information content (AvgIpc) is 3.01.